The minimum atomic E-state index is 0.565. The van der Waals surface area contributed by atoms with Crippen molar-refractivity contribution in [3.63, 3.8) is 0 Å². The fourth-order valence-corrected chi connectivity index (χ4v) is 2.97. The van der Waals surface area contributed by atoms with E-state index in [0.29, 0.717) is 18.2 Å². The van der Waals surface area contributed by atoms with Gasteiger partial charge in [-0.2, -0.15) is 0 Å². The maximum atomic E-state index is 5.96. The first-order valence-corrected chi connectivity index (χ1v) is 7.38. The summed E-state index contributed by atoms with van der Waals surface area (Å²) in [6, 6.07) is 1.34. The fraction of sp³-hybridized carbons (Fsp3) is 1.00. The molecule has 2 rings (SSSR count). The Balaban J connectivity index is 1.65. The lowest BCUT2D eigenvalue weighted by Gasteiger charge is -2.38. The zero-order chi connectivity index (χ0) is 12.1. The van der Waals surface area contributed by atoms with Crippen LogP contribution in [-0.2, 0) is 4.74 Å². The number of nitrogens with one attached hydrogen (secondary N) is 1. The molecule has 1 saturated carbocycles. The molecule has 1 aliphatic heterocycles. The zero-order valence-electron chi connectivity index (χ0n) is 11.5. The topological polar surface area (TPSA) is 24.5 Å². The van der Waals surface area contributed by atoms with Crippen LogP contribution in [0.5, 0.6) is 0 Å². The van der Waals surface area contributed by atoms with Crippen molar-refractivity contribution < 1.29 is 4.74 Å². The summed E-state index contributed by atoms with van der Waals surface area (Å²) in [4.78, 5) is 2.58. The molecular weight excluding hydrogens is 212 g/mol. The Hall–Kier alpha value is -0.120. The number of nitrogens with zero attached hydrogens (tertiary/aromatic N) is 1. The summed E-state index contributed by atoms with van der Waals surface area (Å²) in [6.45, 7) is 8.92. The first-order chi connectivity index (χ1) is 8.29. The molecule has 0 radical (unpaired) electrons. The summed E-state index contributed by atoms with van der Waals surface area (Å²) in [7, 11) is 0. The molecule has 0 aromatic carbocycles. The maximum absolute atomic E-state index is 5.96. The van der Waals surface area contributed by atoms with Gasteiger partial charge in [0.15, 0.2) is 0 Å². The van der Waals surface area contributed by atoms with Gasteiger partial charge in [-0.05, 0) is 26.2 Å². The number of piperazine rings is 1. The van der Waals surface area contributed by atoms with E-state index in [0.717, 1.165) is 19.7 Å². The molecule has 1 heterocycles. The molecule has 0 amide bonds. The molecule has 0 aromatic heterocycles. The lowest BCUT2D eigenvalue weighted by atomic mass is 10.1. The highest BCUT2D eigenvalue weighted by molar-refractivity contribution is 4.83. The minimum Gasteiger partial charge on any atom is -0.377 e. The third-order valence-corrected chi connectivity index (χ3v) is 4.31. The van der Waals surface area contributed by atoms with E-state index in [1.54, 1.807) is 0 Å². The third kappa shape index (κ3) is 3.94. The van der Waals surface area contributed by atoms with Crippen molar-refractivity contribution in [3.05, 3.63) is 0 Å². The molecule has 1 saturated heterocycles. The van der Waals surface area contributed by atoms with Gasteiger partial charge in [-0.1, -0.05) is 19.8 Å². The molecule has 1 aliphatic carbocycles. The molecule has 0 spiro atoms. The van der Waals surface area contributed by atoms with E-state index in [-0.39, 0.29) is 0 Å². The van der Waals surface area contributed by atoms with E-state index in [1.165, 1.54) is 38.6 Å². The number of hydrogen-bond acceptors (Lipinski definition) is 3. The molecule has 100 valence electrons. The quantitative estimate of drug-likeness (QED) is 0.795. The Bertz CT molecular complexity index is 216. The van der Waals surface area contributed by atoms with Gasteiger partial charge in [0.1, 0.15) is 0 Å². The Morgan fingerprint density at radius 2 is 2.06 bits per heavy atom. The second kappa shape index (κ2) is 6.72. The summed E-state index contributed by atoms with van der Waals surface area (Å²) in [5.74, 6) is 0. The lowest BCUT2D eigenvalue weighted by molar-refractivity contribution is 0.0262. The van der Waals surface area contributed by atoms with Gasteiger partial charge in [-0.25, -0.2) is 0 Å². The van der Waals surface area contributed by atoms with Crippen LogP contribution >= 0.6 is 0 Å². The van der Waals surface area contributed by atoms with Crippen LogP contribution in [0.3, 0.4) is 0 Å². The smallest absolute Gasteiger partial charge is 0.0597 e. The number of rotatable bonds is 5. The van der Waals surface area contributed by atoms with E-state index in [1.807, 2.05) is 0 Å². The van der Waals surface area contributed by atoms with Crippen LogP contribution < -0.4 is 5.32 Å². The van der Waals surface area contributed by atoms with Crippen molar-refractivity contribution in [3.8, 4) is 0 Å². The summed E-state index contributed by atoms with van der Waals surface area (Å²) < 4.78 is 5.96. The molecule has 2 unspecified atom stereocenters. The second-order valence-electron chi connectivity index (χ2n) is 5.63. The van der Waals surface area contributed by atoms with Crippen LogP contribution in [0, 0.1) is 0 Å². The van der Waals surface area contributed by atoms with Crippen LogP contribution in [0.1, 0.15) is 46.0 Å². The molecule has 2 fully saturated rings. The monoisotopic (exact) mass is 240 g/mol. The van der Waals surface area contributed by atoms with Gasteiger partial charge in [-0.15, -0.1) is 0 Å². The Morgan fingerprint density at radius 1 is 1.29 bits per heavy atom. The van der Waals surface area contributed by atoms with Gasteiger partial charge in [0.2, 0.25) is 0 Å². The average Bonchev–Trinajstić information content (AvgIpc) is 2.84. The minimum absolute atomic E-state index is 0.565. The van der Waals surface area contributed by atoms with Crippen LogP contribution in [0.2, 0.25) is 0 Å². The largest absolute Gasteiger partial charge is 0.377 e. The van der Waals surface area contributed by atoms with Crippen molar-refractivity contribution in [1.29, 1.82) is 0 Å². The first-order valence-electron chi connectivity index (χ1n) is 7.38. The molecule has 0 bridgehead atoms. The van der Waals surface area contributed by atoms with Gasteiger partial charge in [0, 0.05) is 31.7 Å². The van der Waals surface area contributed by atoms with Crippen LogP contribution in [-0.4, -0.2) is 49.3 Å². The predicted molar refractivity (Wildman–Crippen MR) is 71.3 cm³/mol. The highest BCUT2D eigenvalue weighted by Gasteiger charge is 2.24. The summed E-state index contributed by atoms with van der Waals surface area (Å²) in [5, 5.41) is 3.60. The Kier molecular flexibility index (Phi) is 5.26. The molecule has 3 nitrogen and oxygen atoms in total. The first kappa shape index (κ1) is 13.3. The van der Waals surface area contributed by atoms with E-state index < -0.39 is 0 Å². The predicted octanol–water partition coefficient (Wildman–Crippen LogP) is 2.02. The van der Waals surface area contributed by atoms with E-state index >= 15 is 0 Å². The normalized spacial score (nSPS) is 32.1. The van der Waals surface area contributed by atoms with Crippen LogP contribution in [0.25, 0.3) is 0 Å². The van der Waals surface area contributed by atoms with Gasteiger partial charge >= 0.3 is 0 Å². The summed E-state index contributed by atoms with van der Waals surface area (Å²) >= 11 is 0. The van der Waals surface area contributed by atoms with Crippen LogP contribution in [0.15, 0.2) is 0 Å². The van der Waals surface area contributed by atoms with E-state index in [2.05, 4.69) is 24.1 Å². The molecule has 3 heteroatoms. The second-order valence-corrected chi connectivity index (χ2v) is 5.63. The number of hydrogen-bond donors (Lipinski definition) is 1. The van der Waals surface area contributed by atoms with Gasteiger partial charge < -0.3 is 10.1 Å². The molecule has 2 aliphatic rings. The lowest BCUT2D eigenvalue weighted by Crippen LogP contribution is -2.55. The standard InChI is InChI=1S/C14H28N2O/c1-3-13-11-16(12(2)10-15-13)8-9-17-14-6-4-5-7-14/h12-15H,3-11H2,1-2H3. The molecular formula is C14H28N2O. The van der Waals surface area contributed by atoms with Gasteiger partial charge in [-0.3, -0.25) is 4.90 Å². The van der Waals surface area contributed by atoms with Crippen molar-refractivity contribution in [2.24, 2.45) is 0 Å². The van der Waals surface area contributed by atoms with Gasteiger partial charge in [0.05, 0.1) is 12.7 Å². The molecule has 1 N–H and O–H groups in total. The molecule has 17 heavy (non-hydrogen) atoms. The van der Waals surface area contributed by atoms with Crippen molar-refractivity contribution >= 4 is 0 Å². The van der Waals surface area contributed by atoms with E-state index in [4.69, 9.17) is 4.74 Å². The maximum Gasteiger partial charge on any atom is 0.0597 e. The highest BCUT2D eigenvalue weighted by atomic mass is 16.5. The van der Waals surface area contributed by atoms with Crippen molar-refractivity contribution in [1.82, 2.24) is 10.2 Å². The molecule has 2 atom stereocenters. The zero-order valence-corrected chi connectivity index (χ0v) is 11.5. The summed E-state index contributed by atoms with van der Waals surface area (Å²) in [5.41, 5.74) is 0. The highest BCUT2D eigenvalue weighted by Crippen LogP contribution is 2.20. The summed E-state index contributed by atoms with van der Waals surface area (Å²) in [6.07, 6.45) is 7.10. The van der Waals surface area contributed by atoms with Gasteiger partial charge in [0.25, 0.3) is 0 Å². The number of ether oxygens (including phenoxy) is 1. The molecule has 0 aromatic rings. The Labute approximate surface area is 106 Å². The van der Waals surface area contributed by atoms with Crippen molar-refractivity contribution in [2.75, 3.05) is 26.2 Å². The Morgan fingerprint density at radius 3 is 2.76 bits per heavy atom. The third-order valence-electron chi connectivity index (χ3n) is 4.31. The van der Waals surface area contributed by atoms with Crippen molar-refractivity contribution in [2.45, 2.75) is 64.1 Å². The SMILES string of the molecule is CCC1CN(CCOC2CCCC2)C(C)CN1. The fourth-order valence-electron chi connectivity index (χ4n) is 2.97. The average molecular weight is 240 g/mol. The van der Waals surface area contributed by atoms with Crippen LogP contribution in [0.4, 0.5) is 0 Å². The van der Waals surface area contributed by atoms with E-state index in [9.17, 15) is 0 Å².